The molecule has 110 valence electrons. The van der Waals surface area contributed by atoms with Crippen LogP contribution in [0.2, 0.25) is 0 Å². The average Bonchev–Trinajstić information content (AvgIpc) is 3.04. The van der Waals surface area contributed by atoms with Gasteiger partial charge in [0.25, 0.3) is 5.56 Å². The first-order chi connectivity index (χ1) is 10.0. The SMILES string of the molecule is COC(=O)Cn1cc(B(O)O)c2c(=O)n3c(nc21)CCC3. The molecule has 1 aliphatic heterocycles. The van der Waals surface area contributed by atoms with E-state index in [9.17, 15) is 19.6 Å². The van der Waals surface area contributed by atoms with Gasteiger partial charge in [0.05, 0.1) is 12.5 Å². The quantitative estimate of drug-likeness (QED) is 0.500. The summed E-state index contributed by atoms with van der Waals surface area (Å²) in [6, 6.07) is 0. The Morgan fingerprint density at radius 3 is 2.95 bits per heavy atom. The average molecular weight is 291 g/mol. The maximum absolute atomic E-state index is 12.5. The second-order valence-electron chi connectivity index (χ2n) is 4.95. The first kappa shape index (κ1) is 13.8. The van der Waals surface area contributed by atoms with Crippen LogP contribution in [0, 0.1) is 0 Å². The lowest BCUT2D eigenvalue weighted by atomic mass is 9.81. The normalized spacial score (nSPS) is 13.5. The molecule has 8 nitrogen and oxygen atoms in total. The molecule has 0 fully saturated rings. The van der Waals surface area contributed by atoms with Crippen molar-refractivity contribution in [2.45, 2.75) is 25.9 Å². The van der Waals surface area contributed by atoms with E-state index in [-0.39, 0.29) is 28.6 Å². The molecule has 0 amide bonds. The van der Waals surface area contributed by atoms with Gasteiger partial charge in [0.1, 0.15) is 18.0 Å². The van der Waals surface area contributed by atoms with Crippen molar-refractivity contribution in [3.8, 4) is 0 Å². The minimum atomic E-state index is -1.80. The molecule has 0 unspecified atom stereocenters. The van der Waals surface area contributed by atoms with Gasteiger partial charge >= 0.3 is 13.1 Å². The summed E-state index contributed by atoms with van der Waals surface area (Å²) < 4.78 is 7.55. The van der Waals surface area contributed by atoms with E-state index in [4.69, 9.17) is 0 Å². The summed E-state index contributed by atoms with van der Waals surface area (Å²) in [6.45, 7) is 0.426. The molecule has 0 aromatic carbocycles. The first-order valence-electron chi connectivity index (χ1n) is 6.58. The minimum absolute atomic E-state index is 0.0496. The number of hydrogen-bond donors (Lipinski definition) is 2. The lowest BCUT2D eigenvalue weighted by molar-refractivity contribution is -0.141. The molecule has 1 aliphatic rings. The molecule has 0 saturated carbocycles. The van der Waals surface area contributed by atoms with Crippen LogP contribution in [0.15, 0.2) is 11.0 Å². The van der Waals surface area contributed by atoms with Gasteiger partial charge in [-0.25, -0.2) is 4.98 Å². The third-order valence-corrected chi connectivity index (χ3v) is 3.67. The van der Waals surface area contributed by atoms with Crippen LogP contribution in [0.3, 0.4) is 0 Å². The predicted octanol–water partition coefficient (Wildman–Crippen LogP) is -2.00. The van der Waals surface area contributed by atoms with Crippen molar-refractivity contribution in [3.05, 3.63) is 22.4 Å². The lowest BCUT2D eigenvalue weighted by Crippen LogP contribution is -2.34. The number of esters is 1. The molecule has 9 heteroatoms. The number of carbonyl (C=O) groups is 1. The standard InChI is InChI=1S/C12H14BN3O5/c1-21-9(17)6-15-5-7(13(19)20)10-11(15)14-8-3-2-4-16(8)12(10)18/h5,19-20H,2-4,6H2,1H3. The number of fused-ring (bicyclic) bond motifs is 2. The Morgan fingerprint density at radius 1 is 1.52 bits per heavy atom. The topological polar surface area (TPSA) is 107 Å². The molecular formula is C12H14BN3O5. The summed E-state index contributed by atoms with van der Waals surface area (Å²) in [4.78, 5) is 28.3. The van der Waals surface area contributed by atoms with Crippen LogP contribution in [-0.2, 0) is 29.0 Å². The minimum Gasteiger partial charge on any atom is -0.468 e. The third kappa shape index (κ3) is 2.14. The van der Waals surface area contributed by atoms with Gasteiger partial charge in [-0.05, 0) is 6.42 Å². The molecule has 0 radical (unpaired) electrons. The Labute approximate surface area is 119 Å². The lowest BCUT2D eigenvalue weighted by Gasteiger charge is -2.06. The van der Waals surface area contributed by atoms with E-state index in [0.717, 1.165) is 6.42 Å². The number of rotatable bonds is 3. The number of aromatic nitrogens is 3. The number of aryl methyl sites for hydroxylation is 1. The third-order valence-electron chi connectivity index (χ3n) is 3.67. The molecule has 0 spiro atoms. The Bertz CT molecular complexity index is 779. The molecule has 2 aromatic rings. The van der Waals surface area contributed by atoms with E-state index < -0.39 is 13.1 Å². The Morgan fingerprint density at radius 2 is 2.29 bits per heavy atom. The highest BCUT2D eigenvalue weighted by atomic mass is 16.5. The Hall–Kier alpha value is -2.13. The zero-order valence-electron chi connectivity index (χ0n) is 11.4. The predicted molar refractivity (Wildman–Crippen MR) is 74.2 cm³/mol. The fourth-order valence-corrected chi connectivity index (χ4v) is 2.68. The highest BCUT2D eigenvalue weighted by Gasteiger charge is 2.26. The molecule has 0 aliphatic carbocycles. The second kappa shape index (κ2) is 5.01. The van der Waals surface area contributed by atoms with Gasteiger partial charge < -0.3 is 19.4 Å². The van der Waals surface area contributed by atoms with Crippen molar-refractivity contribution in [2.75, 3.05) is 7.11 Å². The van der Waals surface area contributed by atoms with Crippen molar-refractivity contribution < 1.29 is 19.6 Å². The van der Waals surface area contributed by atoms with E-state index >= 15 is 0 Å². The molecule has 2 aromatic heterocycles. The van der Waals surface area contributed by atoms with Crippen molar-refractivity contribution in [1.29, 1.82) is 0 Å². The zero-order chi connectivity index (χ0) is 15.1. The molecule has 0 saturated heterocycles. The Balaban J connectivity index is 2.28. The van der Waals surface area contributed by atoms with Gasteiger partial charge in [-0.2, -0.15) is 0 Å². The van der Waals surface area contributed by atoms with E-state index in [1.54, 1.807) is 0 Å². The van der Waals surface area contributed by atoms with Crippen LogP contribution in [0.5, 0.6) is 0 Å². The molecule has 2 N–H and O–H groups in total. The molecule has 3 heterocycles. The van der Waals surface area contributed by atoms with Crippen molar-refractivity contribution >= 4 is 29.6 Å². The molecular weight excluding hydrogens is 277 g/mol. The fourth-order valence-electron chi connectivity index (χ4n) is 2.68. The highest BCUT2D eigenvalue weighted by molar-refractivity contribution is 6.61. The van der Waals surface area contributed by atoms with Crippen LogP contribution in [0.4, 0.5) is 0 Å². The summed E-state index contributed by atoms with van der Waals surface area (Å²) in [7, 11) is -0.545. The van der Waals surface area contributed by atoms with Gasteiger partial charge in [-0.15, -0.1) is 0 Å². The van der Waals surface area contributed by atoms with Gasteiger partial charge in [-0.3, -0.25) is 14.2 Å². The monoisotopic (exact) mass is 291 g/mol. The summed E-state index contributed by atoms with van der Waals surface area (Å²) in [5, 5.41) is 19.0. The van der Waals surface area contributed by atoms with Crippen LogP contribution in [0.25, 0.3) is 11.0 Å². The van der Waals surface area contributed by atoms with Gasteiger partial charge in [0.15, 0.2) is 0 Å². The van der Waals surface area contributed by atoms with Crippen molar-refractivity contribution in [3.63, 3.8) is 0 Å². The van der Waals surface area contributed by atoms with Gasteiger partial charge in [0.2, 0.25) is 0 Å². The maximum atomic E-state index is 12.5. The number of nitrogens with zero attached hydrogens (tertiary/aromatic N) is 3. The Kier molecular flexibility index (Phi) is 3.30. The summed E-state index contributed by atoms with van der Waals surface area (Å²) in [6.07, 6.45) is 2.87. The number of ether oxygens (including phenoxy) is 1. The largest absolute Gasteiger partial charge is 0.490 e. The fraction of sp³-hybridized carbons (Fsp3) is 0.417. The van der Waals surface area contributed by atoms with Crippen LogP contribution < -0.4 is 11.0 Å². The van der Waals surface area contributed by atoms with Crippen molar-refractivity contribution in [2.24, 2.45) is 0 Å². The number of hydrogen-bond acceptors (Lipinski definition) is 6. The van der Waals surface area contributed by atoms with Gasteiger partial charge in [0, 0.05) is 24.6 Å². The highest BCUT2D eigenvalue weighted by Crippen LogP contribution is 2.15. The number of carbonyl (C=O) groups excluding carboxylic acids is 1. The molecule has 0 atom stereocenters. The summed E-state index contributed by atoms with van der Waals surface area (Å²) in [5.74, 6) is 0.143. The molecule has 3 rings (SSSR count). The molecule has 0 bridgehead atoms. The maximum Gasteiger partial charge on any atom is 0.490 e. The van der Waals surface area contributed by atoms with Crippen molar-refractivity contribution in [1.82, 2.24) is 14.1 Å². The van der Waals surface area contributed by atoms with Gasteiger partial charge in [-0.1, -0.05) is 0 Å². The summed E-state index contributed by atoms with van der Waals surface area (Å²) in [5.41, 5.74) is 0.0227. The van der Waals surface area contributed by atoms with Crippen LogP contribution in [0.1, 0.15) is 12.2 Å². The van der Waals surface area contributed by atoms with E-state index in [0.29, 0.717) is 18.8 Å². The zero-order valence-corrected chi connectivity index (χ0v) is 11.4. The first-order valence-corrected chi connectivity index (χ1v) is 6.58. The van der Waals surface area contributed by atoms with Crippen LogP contribution in [-0.4, -0.2) is 44.4 Å². The van der Waals surface area contributed by atoms with E-state index in [1.165, 1.54) is 22.4 Å². The summed E-state index contributed by atoms with van der Waals surface area (Å²) >= 11 is 0. The van der Waals surface area contributed by atoms with E-state index in [1.807, 2.05) is 0 Å². The smallest absolute Gasteiger partial charge is 0.468 e. The number of methoxy groups -OCH3 is 1. The van der Waals surface area contributed by atoms with E-state index in [2.05, 4.69) is 9.72 Å². The van der Waals surface area contributed by atoms with Crippen LogP contribution >= 0.6 is 0 Å². The molecule has 21 heavy (non-hydrogen) atoms. The second-order valence-corrected chi connectivity index (χ2v) is 4.95.